The fourth-order valence-corrected chi connectivity index (χ4v) is 2.22. The summed E-state index contributed by atoms with van der Waals surface area (Å²) in [6.07, 6.45) is 2.10. The average molecular weight is 298 g/mol. The van der Waals surface area contributed by atoms with E-state index >= 15 is 0 Å². The molecule has 1 heterocycles. The molecule has 0 bridgehead atoms. The van der Waals surface area contributed by atoms with E-state index in [-0.39, 0.29) is 24.4 Å². The first-order valence-corrected chi connectivity index (χ1v) is 6.71. The van der Waals surface area contributed by atoms with Gasteiger partial charge in [0.1, 0.15) is 6.10 Å². The summed E-state index contributed by atoms with van der Waals surface area (Å²) in [5, 5.41) is 0. The minimum atomic E-state index is -0.506. The van der Waals surface area contributed by atoms with Crippen molar-refractivity contribution in [3.8, 4) is 0 Å². The molecule has 0 aromatic heterocycles. The maximum absolute atomic E-state index is 11.9. The van der Waals surface area contributed by atoms with Crippen LogP contribution in [0.15, 0.2) is 30.3 Å². The van der Waals surface area contributed by atoms with Crippen LogP contribution in [0.3, 0.4) is 0 Å². The monoisotopic (exact) mass is 297 g/mol. The standard InChI is InChI=1S/C15H19NO3.ClH/c1-12(11-13-7-3-2-4-8-13)19-15(18)16-10-6-5-9-14(16)17;/h2-4,7-8,12H,5-6,9-11H2,1H3;1H/t12-;/m0./s1. The molecule has 1 aliphatic heterocycles. The summed E-state index contributed by atoms with van der Waals surface area (Å²) in [5.41, 5.74) is 1.12. The van der Waals surface area contributed by atoms with E-state index < -0.39 is 6.09 Å². The number of hydrogen-bond acceptors (Lipinski definition) is 3. The summed E-state index contributed by atoms with van der Waals surface area (Å²) in [7, 11) is 0. The number of halogens is 1. The first-order valence-electron chi connectivity index (χ1n) is 6.71. The summed E-state index contributed by atoms with van der Waals surface area (Å²) >= 11 is 0. The maximum Gasteiger partial charge on any atom is 0.416 e. The van der Waals surface area contributed by atoms with Gasteiger partial charge in [-0.2, -0.15) is 0 Å². The van der Waals surface area contributed by atoms with Crippen LogP contribution in [0.1, 0.15) is 31.7 Å². The van der Waals surface area contributed by atoms with E-state index in [2.05, 4.69) is 0 Å². The van der Waals surface area contributed by atoms with Crippen molar-refractivity contribution in [1.82, 2.24) is 4.90 Å². The van der Waals surface area contributed by atoms with Gasteiger partial charge in [0.25, 0.3) is 0 Å². The van der Waals surface area contributed by atoms with Gasteiger partial charge in [0.05, 0.1) is 0 Å². The number of carbonyl (C=O) groups is 2. The zero-order valence-electron chi connectivity index (χ0n) is 11.6. The Balaban J connectivity index is 0.00000200. The Morgan fingerprint density at radius 1 is 1.30 bits per heavy atom. The zero-order valence-corrected chi connectivity index (χ0v) is 12.4. The topological polar surface area (TPSA) is 46.6 Å². The summed E-state index contributed by atoms with van der Waals surface area (Å²) in [5.74, 6) is -0.122. The van der Waals surface area contributed by atoms with Crippen LogP contribution in [0.5, 0.6) is 0 Å². The van der Waals surface area contributed by atoms with E-state index in [4.69, 9.17) is 4.74 Å². The van der Waals surface area contributed by atoms with Crippen LogP contribution in [0.25, 0.3) is 0 Å². The number of ether oxygens (including phenoxy) is 1. The van der Waals surface area contributed by atoms with Gasteiger partial charge in [-0.25, -0.2) is 9.69 Å². The fraction of sp³-hybridized carbons (Fsp3) is 0.467. The Morgan fingerprint density at radius 3 is 2.65 bits per heavy atom. The van der Waals surface area contributed by atoms with Gasteiger partial charge >= 0.3 is 6.09 Å². The number of amides is 2. The van der Waals surface area contributed by atoms with Crippen molar-refractivity contribution in [1.29, 1.82) is 0 Å². The maximum atomic E-state index is 11.9. The minimum Gasteiger partial charge on any atom is -0.446 e. The Kier molecular flexibility index (Phi) is 6.52. The molecular formula is C15H20ClNO3. The van der Waals surface area contributed by atoms with Crippen molar-refractivity contribution in [2.45, 2.75) is 38.7 Å². The summed E-state index contributed by atoms with van der Waals surface area (Å²) in [4.78, 5) is 24.7. The van der Waals surface area contributed by atoms with Crippen LogP contribution >= 0.6 is 12.4 Å². The van der Waals surface area contributed by atoms with Gasteiger partial charge in [-0.1, -0.05) is 30.3 Å². The molecular weight excluding hydrogens is 278 g/mol. The third-order valence-corrected chi connectivity index (χ3v) is 3.21. The molecule has 1 aromatic rings. The number of piperidine rings is 1. The normalized spacial score (nSPS) is 16.2. The summed E-state index contributed by atoms with van der Waals surface area (Å²) in [6.45, 7) is 2.33. The van der Waals surface area contributed by atoms with Gasteiger partial charge < -0.3 is 4.74 Å². The van der Waals surface area contributed by atoms with Crippen molar-refractivity contribution in [3.63, 3.8) is 0 Å². The number of rotatable bonds is 3. The molecule has 110 valence electrons. The van der Waals surface area contributed by atoms with E-state index in [0.717, 1.165) is 18.4 Å². The highest BCUT2D eigenvalue weighted by Gasteiger charge is 2.26. The Morgan fingerprint density at radius 2 is 2.00 bits per heavy atom. The van der Waals surface area contributed by atoms with E-state index in [9.17, 15) is 9.59 Å². The van der Waals surface area contributed by atoms with Gasteiger partial charge in [0.2, 0.25) is 5.91 Å². The lowest BCUT2D eigenvalue weighted by Crippen LogP contribution is -2.41. The third-order valence-electron chi connectivity index (χ3n) is 3.21. The SMILES string of the molecule is C[C@@H](Cc1ccccc1)OC(=O)N1CCCCC1=O.Cl. The van der Waals surface area contributed by atoms with E-state index in [1.54, 1.807) is 0 Å². The van der Waals surface area contributed by atoms with Crippen molar-refractivity contribution < 1.29 is 14.3 Å². The lowest BCUT2D eigenvalue weighted by Gasteiger charge is -2.25. The van der Waals surface area contributed by atoms with Gasteiger partial charge in [0, 0.05) is 19.4 Å². The smallest absolute Gasteiger partial charge is 0.416 e. The lowest BCUT2D eigenvalue weighted by atomic mass is 10.1. The zero-order chi connectivity index (χ0) is 13.7. The quantitative estimate of drug-likeness (QED) is 0.861. The number of imide groups is 1. The summed E-state index contributed by atoms with van der Waals surface area (Å²) in [6, 6.07) is 9.86. The van der Waals surface area contributed by atoms with E-state index in [1.807, 2.05) is 37.3 Å². The van der Waals surface area contributed by atoms with Crippen molar-refractivity contribution in [3.05, 3.63) is 35.9 Å². The minimum absolute atomic E-state index is 0. The molecule has 1 saturated heterocycles. The Hall–Kier alpha value is -1.55. The predicted octanol–water partition coefficient (Wildman–Crippen LogP) is 3.19. The molecule has 0 N–H and O–H groups in total. The van der Waals surface area contributed by atoms with Crippen molar-refractivity contribution in [2.75, 3.05) is 6.54 Å². The number of likely N-dealkylation sites (tertiary alicyclic amines) is 1. The number of benzene rings is 1. The highest BCUT2D eigenvalue weighted by Crippen LogP contribution is 2.13. The highest BCUT2D eigenvalue weighted by molar-refractivity contribution is 5.92. The van der Waals surface area contributed by atoms with Gasteiger partial charge in [0.15, 0.2) is 0 Å². The van der Waals surface area contributed by atoms with Crippen LogP contribution in [0.4, 0.5) is 4.79 Å². The number of hydrogen-bond donors (Lipinski definition) is 0. The third kappa shape index (κ3) is 4.53. The second kappa shape index (κ2) is 7.90. The molecule has 0 spiro atoms. The molecule has 0 aliphatic carbocycles. The van der Waals surface area contributed by atoms with Crippen molar-refractivity contribution in [2.24, 2.45) is 0 Å². The molecule has 0 radical (unpaired) electrons. The van der Waals surface area contributed by atoms with E-state index in [0.29, 0.717) is 19.4 Å². The first kappa shape index (κ1) is 16.5. The van der Waals surface area contributed by atoms with Gasteiger partial charge in [-0.3, -0.25) is 4.79 Å². The summed E-state index contributed by atoms with van der Waals surface area (Å²) < 4.78 is 5.33. The molecule has 0 saturated carbocycles. The van der Waals surface area contributed by atoms with Gasteiger partial charge in [-0.05, 0) is 25.3 Å². The Bertz CT molecular complexity index is 450. The molecule has 1 aromatic carbocycles. The van der Waals surface area contributed by atoms with Crippen molar-refractivity contribution >= 4 is 24.4 Å². The van der Waals surface area contributed by atoms with Crippen LogP contribution < -0.4 is 0 Å². The second-order valence-electron chi connectivity index (χ2n) is 4.89. The lowest BCUT2D eigenvalue weighted by molar-refractivity contribution is -0.131. The molecule has 0 unspecified atom stereocenters. The Labute approximate surface area is 125 Å². The molecule has 2 amide bonds. The average Bonchev–Trinajstić information content (AvgIpc) is 2.40. The molecule has 1 aliphatic rings. The molecule has 5 heteroatoms. The number of carbonyl (C=O) groups excluding carboxylic acids is 2. The molecule has 2 rings (SSSR count). The predicted molar refractivity (Wildman–Crippen MR) is 78.9 cm³/mol. The molecule has 4 nitrogen and oxygen atoms in total. The highest BCUT2D eigenvalue weighted by atomic mass is 35.5. The number of nitrogens with zero attached hydrogens (tertiary/aromatic N) is 1. The van der Waals surface area contributed by atoms with Crippen LogP contribution in [-0.4, -0.2) is 29.5 Å². The van der Waals surface area contributed by atoms with Crippen LogP contribution in [-0.2, 0) is 16.0 Å². The van der Waals surface area contributed by atoms with Crippen LogP contribution in [0, 0.1) is 0 Å². The first-order chi connectivity index (χ1) is 9.16. The molecule has 1 atom stereocenters. The fourth-order valence-electron chi connectivity index (χ4n) is 2.22. The van der Waals surface area contributed by atoms with Gasteiger partial charge in [-0.15, -0.1) is 12.4 Å². The van der Waals surface area contributed by atoms with E-state index in [1.165, 1.54) is 4.90 Å². The second-order valence-corrected chi connectivity index (χ2v) is 4.89. The molecule has 20 heavy (non-hydrogen) atoms. The molecule has 1 fully saturated rings. The largest absolute Gasteiger partial charge is 0.446 e. The van der Waals surface area contributed by atoms with Crippen LogP contribution in [0.2, 0.25) is 0 Å².